The van der Waals surface area contributed by atoms with Crippen molar-refractivity contribution in [2.45, 2.75) is 16.4 Å². The van der Waals surface area contributed by atoms with Crippen LogP contribution in [-0.2, 0) is 11.2 Å². The second-order valence-electron chi connectivity index (χ2n) is 6.21. The van der Waals surface area contributed by atoms with Gasteiger partial charge in [-0.15, -0.1) is 0 Å². The predicted molar refractivity (Wildman–Crippen MR) is 128 cm³/mol. The summed E-state index contributed by atoms with van der Waals surface area (Å²) in [5.74, 6) is 1.25. The first-order chi connectivity index (χ1) is 14.7. The van der Waals surface area contributed by atoms with E-state index in [-0.39, 0.29) is 11.5 Å². The molecule has 0 bridgehead atoms. The highest BCUT2D eigenvalue weighted by Crippen LogP contribution is 2.30. The lowest BCUT2D eigenvalue weighted by Crippen LogP contribution is -2.56. The fourth-order valence-electron chi connectivity index (χ4n) is 2.63. The molecule has 0 aliphatic heterocycles. The number of nitrogens with one attached hydrogen (secondary N) is 3. The number of anilines is 1. The molecule has 0 fully saturated rings. The van der Waals surface area contributed by atoms with Crippen LogP contribution in [0.4, 0.5) is 5.69 Å². The maximum atomic E-state index is 12.6. The van der Waals surface area contributed by atoms with Crippen molar-refractivity contribution in [2.75, 3.05) is 26.6 Å². The van der Waals surface area contributed by atoms with Crippen LogP contribution in [0, 0.1) is 0 Å². The van der Waals surface area contributed by atoms with E-state index in [4.69, 9.17) is 61.2 Å². The smallest absolute Gasteiger partial charge is 0.228 e. The molecule has 0 aliphatic rings. The summed E-state index contributed by atoms with van der Waals surface area (Å²) in [5.41, 5.74) is 1.30. The molecule has 2 rings (SSSR count). The molecule has 0 radical (unpaired) electrons. The largest absolute Gasteiger partial charge is 0.495 e. The van der Waals surface area contributed by atoms with Gasteiger partial charge in [-0.05, 0) is 42.0 Å². The Bertz CT molecular complexity index is 925. The van der Waals surface area contributed by atoms with E-state index in [1.165, 1.54) is 21.3 Å². The normalized spacial score (nSPS) is 11.8. The number of para-hydroxylation sites is 2. The summed E-state index contributed by atoms with van der Waals surface area (Å²) in [4.78, 5) is 12.6. The number of halogens is 3. The van der Waals surface area contributed by atoms with Crippen molar-refractivity contribution in [3.8, 4) is 17.2 Å². The van der Waals surface area contributed by atoms with E-state index in [1.807, 2.05) is 12.1 Å². The number of rotatable bonds is 8. The van der Waals surface area contributed by atoms with Crippen LogP contribution in [0.1, 0.15) is 5.56 Å². The lowest BCUT2D eigenvalue weighted by Gasteiger charge is -2.28. The first-order valence-corrected chi connectivity index (χ1v) is 10.5. The number of methoxy groups -OCH3 is 3. The van der Waals surface area contributed by atoms with E-state index in [9.17, 15) is 4.79 Å². The molecule has 2 aromatic rings. The molecule has 168 valence electrons. The molecule has 3 N–H and O–H groups in total. The summed E-state index contributed by atoms with van der Waals surface area (Å²) in [6, 6.07) is 12.3. The van der Waals surface area contributed by atoms with Gasteiger partial charge < -0.3 is 30.2 Å². The van der Waals surface area contributed by atoms with Crippen molar-refractivity contribution in [3.63, 3.8) is 0 Å². The Morgan fingerprint density at radius 1 is 0.968 bits per heavy atom. The van der Waals surface area contributed by atoms with Crippen molar-refractivity contribution < 1.29 is 19.0 Å². The molecule has 2 aromatic carbocycles. The SMILES string of the molecule is COc1ccccc1NC(=S)N[C@@H](NC(=O)Cc1ccc(OC)c(OC)c1)C(Cl)(Cl)Cl. The van der Waals surface area contributed by atoms with Crippen molar-refractivity contribution in [1.29, 1.82) is 0 Å². The third kappa shape index (κ3) is 7.50. The molecule has 31 heavy (non-hydrogen) atoms. The summed E-state index contributed by atoms with van der Waals surface area (Å²) in [7, 11) is 4.58. The number of thiocarbonyl (C=S) groups is 1. The van der Waals surface area contributed by atoms with Gasteiger partial charge in [-0.25, -0.2) is 0 Å². The second-order valence-corrected chi connectivity index (χ2v) is 8.98. The number of carbonyl (C=O) groups is 1. The fourth-order valence-corrected chi connectivity index (χ4v) is 3.18. The molecule has 0 saturated carbocycles. The van der Waals surface area contributed by atoms with Crippen LogP contribution in [0.2, 0.25) is 0 Å². The summed E-state index contributed by atoms with van der Waals surface area (Å²) < 4.78 is 13.8. The number of hydrogen-bond acceptors (Lipinski definition) is 5. The fraction of sp³-hybridized carbons (Fsp3) is 0.300. The first kappa shape index (κ1) is 25.1. The summed E-state index contributed by atoms with van der Waals surface area (Å²) in [6.45, 7) is 0. The average molecular weight is 507 g/mol. The van der Waals surface area contributed by atoms with Crippen LogP contribution in [0.3, 0.4) is 0 Å². The van der Waals surface area contributed by atoms with Crippen molar-refractivity contribution >= 4 is 63.7 Å². The quantitative estimate of drug-likeness (QED) is 0.283. The number of ether oxygens (including phenoxy) is 3. The van der Waals surface area contributed by atoms with Crippen molar-refractivity contribution in [2.24, 2.45) is 0 Å². The molecular formula is C20H22Cl3N3O4S. The van der Waals surface area contributed by atoms with Crippen LogP contribution in [0.25, 0.3) is 0 Å². The number of amides is 1. The highest BCUT2D eigenvalue weighted by atomic mass is 35.6. The highest BCUT2D eigenvalue weighted by molar-refractivity contribution is 7.80. The zero-order valence-corrected chi connectivity index (χ0v) is 20.1. The Morgan fingerprint density at radius 3 is 2.23 bits per heavy atom. The molecule has 7 nitrogen and oxygen atoms in total. The van der Waals surface area contributed by atoms with E-state index in [1.54, 1.807) is 30.3 Å². The zero-order valence-electron chi connectivity index (χ0n) is 17.0. The van der Waals surface area contributed by atoms with Crippen molar-refractivity contribution in [3.05, 3.63) is 48.0 Å². The Labute approximate surface area is 201 Å². The number of carbonyl (C=O) groups excluding carboxylic acids is 1. The number of alkyl halides is 3. The van der Waals surface area contributed by atoms with Crippen LogP contribution in [-0.4, -0.2) is 42.3 Å². The van der Waals surface area contributed by atoms with E-state index in [0.717, 1.165) is 0 Å². The van der Waals surface area contributed by atoms with Crippen LogP contribution in [0.5, 0.6) is 17.2 Å². The molecule has 0 spiro atoms. The third-order valence-electron chi connectivity index (χ3n) is 4.08. The van der Waals surface area contributed by atoms with Gasteiger partial charge in [0.2, 0.25) is 9.70 Å². The number of hydrogen-bond donors (Lipinski definition) is 3. The minimum Gasteiger partial charge on any atom is -0.495 e. The predicted octanol–water partition coefficient (Wildman–Crippen LogP) is 4.05. The van der Waals surface area contributed by atoms with Gasteiger partial charge in [0.15, 0.2) is 16.6 Å². The van der Waals surface area contributed by atoms with Gasteiger partial charge in [-0.1, -0.05) is 53.0 Å². The monoisotopic (exact) mass is 505 g/mol. The molecule has 1 amide bonds. The van der Waals surface area contributed by atoms with E-state index >= 15 is 0 Å². The minimum atomic E-state index is -1.88. The van der Waals surface area contributed by atoms with Gasteiger partial charge in [0.25, 0.3) is 0 Å². The summed E-state index contributed by atoms with van der Waals surface area (Å²) in [5, 5.41) is 8.53. The van der Waals surface area contributed by atoms with E-state index in [2.05, 4.69) is 16.0 Å². The maximum Gasteiger partial charge on any atom is 0.228 e. The number of benzene rings is 2. The third-order valence-corrected chi connectivity index (χ3v) is 4.95. The average Bonchev–Trinajstić information content (AvgIpc) is 2.72. The molecule has 11 heteroatoms. The first-order valence-electron chi connectivity index (χ1n) is 8.95. The van der Waals surface area contributed by atoms with Gasteiger partial charge in [0, 0.05) is 0 Å². The van der Waals surface area contributed by atoms with Gasteiger partial charge in [0.1, 0.15) is 11.9 Å². The topological polar surface area (TPSA) is 80.9 Å². The minimum absolute atomic E-state index is 0.0198. The molecule has 0 saturated heterocycles. The van der Waals surface area contributed by atoms with E-state index in [0.29, 0.717) is 28.5 Å². The van der Waals surface area contributed by atoms with Gasteiger partial charge in [-0.2, -0.15) is 0 Å². The lowest BCUT2D eigenvalue weighted by molar-refractivity contribution is -0.121. The Morgan fingerprint density at radius 2 is 1.61 bits per heavy atom. The summed E-state index contributed by atoms with van der Waals surface area (Å²) >= 11 is 23.4. The highest BCUT2D eigenvalue weighted by Gasteiger charge is 2.34. The standard InChI is InChI=1S/C20H22Cl3N3O4S/c1-28-14-7-5-4-6-13(14)24-19(31)26-18(20(21,22)23)25-17(27)11-12-8-9-15(29-2)16(10-12)30-3/h4-10,18H,11H2,1-3H3,(H,25,27)(H2,24,26,31)/t18-/m1/s1. The summed E-state index contributed by atoms with van der Waals surface area (Å²) in [6.07, 6.45) is -1.08. The Kier molecular flexibility index (Phi) is 9.31. The molecular weight excluding hydrogens is 485 g/mol. The Balaban J connectivity index is 2.06. The maximum absolute atomic E-state index is 12.6. The van der Waals surface area contributed by atoms with Crippen LogP contribution < -0.4 is 30.2 Å². The van der Waals surface area contributed by atoms with Gasteiger partial charge in [-0.3, -0.25) is 4.79 Å². The zero-order chi connectivity index (χ0) is 23.0. The van der Waals surface area contributed by atoms with Crippen LogP contribution >= 0.6 is 47.0 Å². The van der Waals surface area contributed by atoms with Crippen molar-refractivity contribution in [1.82, 2.24) is 10.6 Å². The van der Waals surface area contributed by atoms with Gasteiger partial charge >= 0.3 is 0 Å². The molecule has 0 unspecified atom stereocenters. The van der Waals surface area contributed by atoms with Crippen LogP contribution in [0.15, 0.2) is 42.5 Å². The lowest BCUT2D eigenvalue weighted by atomic mass is 10.1. The van der Waals surface area contributed by atoms with E-state index < -0.39 is 15.9 Å². The second kappa shape index (κ2) is 11.5. The molecule has 0 aliphatic carbocycles. The van der Waals surface area contributed by atoms with Gasteiger partial charge in [0.05, 0.1) is 33.4 Å². The Hall–Kier alpha value is -2.13. The molecule has 0 aromatic heterocycles. The molecule has 0 heterocycles. The molecule has 1 atom stereocenters.